The smallest absolute Gasteiger partial charge is 0.220 e. The van der Waals surface area contributed by atoms with Crippen molar-refractivity contribution in [1.29, 1.82) is 0 Å². The van der Waals surface area contributed by atoms with Gasteiger partial charge in [0, 0.05) is 12.8 Å². The number of methoxy groups -OCH3 is 1. The second-order valence-corrected chi connectivity index (χ2v) is 7.31. The molecule has 1 heterocycles. The van der Waals surface area contributed by atoms with Gasteiger partial charge in [0.1, 0.15) is 23.1 Å². The summed E-state index contributed by atoms with van der Waals surface area (Å²) in [4.78, 5) is 12.5. The molecular formula is C24H26FNO3. The van der Waals surface area contributed by atoms with E-state index in [1.54, 1.807) is 37.4 Å². The minimum atomic E-state index is -0.328. The van der Waals surface area contributed by atoms with Crippen molar-refractivity contribution >= 4 is 5.91 Å². The molecule has 0 spiro atoms. The third-order valence-corrected chi connectivity index (χ3v) is 4.86. The van der Waals surface area contributed by atoms with E-state index in [2.05, 4.69) is 19.2 Å². The molecule has 2 aromatic carbocycles. The van der Waals surface area contributed by atoms with E-state index in [0.717, 1.165) is 11.3 Å². The molecule has 0 fully saturated rings. The molecule has 0 aliphatic rings. The monoisotopic (exact) mass is 395 g/mol. The lowest BCUT2D eigenvalue weighted by atomic mass is 9.95. The van der Waals surface area contributed by atoms with Crippen LogP contribution in [0.25, 0.3) is 11.3 Å². The van der Waals surface area contributed by atoms with Crippen molar-refractivity contribution in [3.05, 3.63) is 77.8 Å². The number of carbonyl (C=O) groups excluding carboxylic acids is 1. The van der Waals surface area contributed by atoms with Crippen molar-refractivity contribution in [2.75, 3.05) is 7.11 Å². The van der Waals surface area contributed by atoms with Crippen molar-refractivity contribution in [3.8, 4) is 17.1 Å². The Hall–Kier alpha value is -3.08. The van der Waals surface area contributed by atoms with Crippen LogP contribution in [0.2, 0.25) is 0 Å². The number of hydrogen-bond acceptors (Lipinski definition) is 3. The number of halogens is 1. The number of aryl methyl sites for hydroxylation is 1. The van der Waals surface area contributed by atoms with Crippen LogP contribution >= 0.6 is 0 Å². The molecule has 0 aliphatic heterocycles. The van der Waals surface area contributed by atoms with Gasteiger partial charge in [-0.2, -0.15) is 0 Å². The van der Waals surface area contributed by atoms with Gasteiger partial charge in [0.25, 0.3) is 0 Å². The van der Waals surface area contributed by atoms with Gasteiger partial charge in [0.05, 0.1) is 18.7 Å². The Kier molecular flexibility index (Phi) is 6.70. The number of amides is 1. The van der Waals surface area contributed by atoms with Crippen LogP contribution < -0.4 is 10.1 Å². The lowest BCUT2D eigenvalue weighted by Crippen LogP contribution is -2.31. The SMILES string of the molecule is COc1ccc(C(NC(=O)CCc2ccc(-c3ccccc3F)o2)C(C)C)cc1. The fraction of sp³-hybridized carbons (Fsp3) is 0.292. The topological polar surface area (TPSA) is 51.5 Å². The maximum Gasteiger partial charge on any atom is 0.220 e. The van der Waals surface area contributed by atoms with Crippen molar-refractivity contribution < 1.29 is 18.3 Å². The summed E-state index contributed by atoms with van der Waals surface area (Å²) in [5, 5.41) is 3.11. The van der Waals surface area contributed by atoms with Crippen LogP contribution in [0, 0.1) is 11.7 Å². The van der Waals surface area contributed by atoms with Gasteiger partial charge in [-0.3, -0.25) is 4.79 Å². The van der Waals surface area contributed by atoms with Crippen molar-refractivity contribution in [1.82, 2.24) is 5.32 Å². The highest BCUT2D eigenvalue weighted by molar-refractivity contribution is 5.76. The van der Waals surface area contributed by atoms with Gasteiger partial charge in [-0.25, -0.2) is 4.39 Å². The molecule has 152 valence electrons. The number of benzene rings is 2. The summed E-state index contributed by atoms with van der Waals surface area (Å²) in [6.07, 6.45) is 0.747. The van der Waals surface area contributed by atoms with Gasteiger partial charge in [-0.15, -0.1) is 0 Å². The number of ether oxygens (including phenoxy) is 1. The summed E-state index contributed by atoms with van der Waals surface area (Å²) < 4.78 is 24.8. The fourth-order valence-corrected chi connectivity index (χ4v) is 3.25. The number of hydrogen-bond donors (Lipinski definition) is 1. The third kappa shape index (κ3) is 5.25. The second kappa shape index (κ2) is 9.41. The molecule has 0 radical (unpaired) electrons. The zero-order chi connectivity index (χ0) is 20.8. The van der Waals surface area contributed by atoms with Crippen LogP contribution in [0.15, 0.2) is 65.1 Å². The largest absolute Gasteiger partial charge is 0.497 e. The van der Waals surface area contributed by atoms with Crippen molar-refractivity contribution in [2.24, 2.45) is 5.92 Å². The first-order valence-electron chi connectivity index (χ1n) is 9.75. The molecule has 1 atom stereocenters. The van der Waals surface area contributed by atoms with E-state index in [1.165, 1.54) is 6.07 Å². The van der Waals surface area contributed by atoms with E-state index in [-0.39, 0.29) is 23.7 Å². The highest BCUT2D eigenvalue weighted by Gasteiger charge is 2.19. The minimum absolute atomic E-state index is 0.0524. The second-order valence-electron chi connectivity index (χ2n) is 7.31. The number of furan rings is 1. The molecule has 0 saturated heterocycles. The summed E-state index contributed by atoms with van der Waals surface area (Å²) in [7, 11) is 1.63. The van der Waals surface area contributed by atoms with Gasteiger partial charge in [-0.05, 0) is 47.9 Å². The predicted octanol–water partition coefficient (Wildman–Crippen LogP) is 5.54. The van der Waals surface area contributed by atoms with Gasteiger partial charge in [0.15, 0.2) is 0 Å². The number of rotatable bonds is 8. The lowest BCUT2D eigenvalue weighted by molar-refractivity contribution is -0.122. The molecule has 4 nitrogen and oxygen atoms in total. The van der Waals surface area contributed by atoms with E-state index in [9.17, 15) is 9.18 Å². The Bertz CT molecular complexity index is 947. The van der Waals surface area contributed by atoms with E-state index in [0.29, 0.717) is 29.9 Å². The molecule has 1 aromatic heterocycles. The van der Waals surface area contributed by atoms with Crippen LogP contribution in [-0.4, -0.2) is 13.0 Å². The van der Waals surface area contributed by atoms with E-state index in [4.69, 9.17) is 9.15 Å². The Morgan fingerprint density at radius 2 is 1.79 bits per heavy atom. The van der Waals surface area contributed by atoms with Crippen LogP contribution in [0.4, 0.5) is 4.39 Å². The quantitative estimate of drug-likeness (QED) is 0.545. The Balaban J connectivity index is 1.60. The number of carbonyl (C=O) groups is 1. The van der Waals surface area contributed by atoms with E-state index >= 15 is 0 Å². The molecule has 3 rings (SSSR count). The maximum atomic E-state index is 13.9. The van der Waals surface area contributed by atoms with Crippen LogP contribution in [0.1, 0.15) is 37.6 Å². The summed E-state index contributed by atoms with van der Waals surface area (Å²) >= 11 is 0. The average molecular weight is 395 g/mol. The molecule has 0 aliphatic carbocycles. The fourth-order valence-electron chi connectivity index (χ4n) is 3.25. The predicted molar refractivity (Wildman–Crippen MR) is 111 cm³/mol. The summed E-state index contributed by atoms with van der Waals surface area (Å²) in [6.45, 7) is 4.14. The molecule has 1 N–H and O–H groups in total. The maximum absolute atomic E-state index is 13.9. The first-order chi connectivity index (χ1) is 14.0. The summed E-state index contributed by atoms with van der Waals surface area (Å²) in [6, 6.07) is 17.6. The lowest BCUT2D eigenvalue weighted by Gasteiger charge is -2.23. The first-order valence-corrected chi connectivity index (χ1v) is 9.75. The van der Waals surface area contributed by atoms with E-state index < -0.39 is 0 Å². The molecule has 0 saturated carbocycles. The zero-order valence-electron chi connectivity index (χ0n) is 16.9. The first kappa shape index (κ1) is 20.6. The third-order valence-electron chi connectivity index (χ3n) is 4.86. The molecule has 1 amide bonds. The average Bonchev–Trinajstić information content (AvgIpc) is 3.19. The molecule has 3 aromatic rings. The van der Waals surface area contributed by atoms with Gasteiger partial charge >= 0.3 is 0 Å². The minimum Gasteiger partial charge on any atom is -0.497 e. The molecule has 0 bridgehead atoms. The highest BCUT2D eigenvalue weighted by Crippen LogP contribution is 2.26. The Labute approximate surface area is 170 Å². The standard InChI is InChI=1S/C24H26FNO3/c1-16(2)24(17-8-10-18(28-3)11-9-17)26-23(27)15-13-19-12-14-22(29-19)20-6-4-5-7-21(20)25/h4-12,14,16,24H,13,15H2,1-3H3,(H,26,27). The summed E-state index contributed by atoms with van der Waals surface area (Å²) in [5.74, 6) is 1.77. The summed E-state index contributed by atoms with van der Waals surface area (Å²) in [5.41, 5.74) is 1.46. The Morgan fingerprint density at radius 1 is 1.07 bits per heavy atom. The number of nitrogens with one attached hydrogen (secondary N) is 1. The van der Waals surface area contributed by atoms with Crippen molar-refractivity contribution in [3.63, 3.8) is 0 Å². The van der Waals surface area contributed by atoms with Gasteiger partial charge in [-0.1, -0.05) is 38.1 Å². The van der Waals surface area contributed by atoms with Gasteiger partial charge in [0.2, 0.25) is 5.91 Å². The molecule has 1 unspecified atom stereocenters. The van der Waals surface area contributed by atoms with Gasteiger partial charge < -0.3 is 14.5 Å². The van der Waals surface area contributed by atoms with Crippen LogP contribution in [0.3, 0.4) is 0 Å². The zero-order valence-corrected chi connectivity index (χ0v) is 16.9. The highest BCUT2D eigenvalue weighted by atomic mass is 19.1. The molecule has 5 heteroatoms. The Morgan fingerprint density at radius 3 is 2.45 bits per heavy atom. The van der Waals surface area contributed by atoms with Crippen LogP contribution in [0.5, 0.6) is 5.75 Å². The van der Waals surface area contributed by atoms with Crippen molar-refractivity contribution in [2.45, 2.75) is 32.7 Å². The van der Waals surface area contributed by atoms with Crippen LogP contribution in [-0.2, 0) is 11.2 Å². The van der Waals surface area contributed by atoms with E-state index in [1.807, 2.05) is 24.3 Å². The normalized spacial score (nSPS) is 12.0. The molecule has 29 heavy (non-hydrogen) atoms. The molecular weight excluding hydrogens is 369 g/mol.